The van der Waals surface area contributed by atoms with Gasteiger partial charge in [-0.3, -0.25) is 0 Å². The third kappa shape index (κ3) is 1.35. The van der Waals surface area contributed by atoms with Gasteiger partial charge in [0.25, 0.3) is 5.95 Å². The molecule has 0 N–H and O–H groups in total. The van der Waals surface area contributed by atoms with Crippen LogP contribution < -0.4 is 0 Å². The van der Waals surface area contributed by atoms with Gasteiger partial charge in [0.05, 0.1) is 0 Å². The number of hydrogen-bond acceptors (Lipinski definition) is 2. The van der Waals surface area contributed by atoms with E-state index in [-0.39, 0.29) is 5.41 Å². The topological polar surface area (TPSA) is 26.0 Å². The summed E-state index contributed by atoms with van der Waals surface area (Å²) in [4.78, 5) is 0. The molecule has 0 amide bonds. The average molecular weight is 143 g/mol. The zero-order chi connectivity index (χ0) is 7.78. The first-order valence-corrected chi connectivity index (χ1v) is 3.13. The maximum Gasteiger partial charge on any atom is 0.253 e. The van der Waals surface area contributed by atoms with E-state index in [9.17, 15) is 4.39 Å². The molecular formula is C7H10FNO. The quantitative estimate of drug-likeness (QED) is 0.556. The molecule has 1 rings (SSSR count). The lowest BCUT2D eigenvalue weighted by Gasteiger charge is -2.11. The van der Waals surface area contributed by atoms with Crippen LogP contribution in [0.1, 0.15) is 26.5 Å². The molecule has 1 heterocycles. The molecule has 56 valence electrons. The van der Waals surface area contributed by atoms with Crippen molar-refractivity contribution in [2.45, 2.75) is 26.2 Å². The van der Waals surface area contributed by atoms with E-state index in [1.165, 1.54) is 6.07 Å². The van der Waals surface area contributed by atoms with E-state index in [4.69, 9.17) is 4.52 Å². The molecule has 1 aromatic rings. The minimum Gasteiger partial charge on any atom is -0.358 e. The molecule has 0 fully saturated rings. The Hall–Kier alpha value is -0.860. The number of hydrogen-bond donors (Lipinski definition) is 0. The van der Waals surface area contributed by atoms with E-state index in [0.29, 0.717) is 5.76 Å². The summed E-state index contributed by atoms with van der Waals surface area (Å²) in [5.74, 6) is 0.0231. The van der Waals surface area contributed by atoms with Crippen LogP contribution in [0, 0.1) is 5.95 Å². The van der Waals surface area contributed by atoms with E-state index >= 15 is 0 Å². The second-order valence-electron chi connectivity index (χ2n) is 3.26. The Kier molecular flexibility index (Phi) is 1.50. The fourth-order valence-corrected chi connectivity index (χ4v) is 0.607. The van der Waals surface area contributed by atoms with E-state index in [2.05, 4.69) is 5.16 Å². The predicted molar refractivity (Wildman–Crippen MR) is 35.2 cm³/mol. The molecule has 0 saturated carbocycles. The molecule has 0 bridgehead atoms. The molecule has 3 heteroatoms. The highest BCUT2D eigenvalue weighted by Gasteiger charge is 2.19. The van der Waals surface area contributed by atoms with Crippen molar-refractivity contribution < 1.29 is 8.91 Å². The summed E-state index contributed by atoms with van der Waals surface area (Å²) in [5.41, 5.74) is -0.155. The molecular weight excluding hydrogens is 133 g/mol. The van der Waals surface area contributed by atoms with Crippen molar-refractivity contribution in [2.75, 3.05) is 0 Å². The Morgan fingerprint density at radius 2 is 2.10 bits per heavy atom. The zero-order valence-corrected chi connectivity index (χ0v) is 6.31. The maximum absolute atomic E-state index is 12.3. The van der Waals surface area contributed by atoms with Crippen LogP contribution in [0.4, 0.5) is 4.39 Å². The second-order valence-corrected chi connectivity index (χ2v) is 3.26. The number of nitrogens with zero attached hydrogens (tertiary/aromatic N) is 1. The Morgan fingerprint density at radius 1 is 1.50 bits per heavy atom. The molecule has 0 atom stereocenters. The van der Waals surface area contributed by atoms with Crippen LogP contribution >= 0.6 is 0 Å². The molecule has 0 aliphatic carbocycles. The SMILES string of the molecule is CC(C)(C)c1cc(F)no1. The molecule has 0 unspecified atom stereocenters. The summed E-state index contributed by atoms with van der Waals surface area (Å²) in [7, 11) is 0. The van der Waals surface area contributed by atoms with E-state index in [1.54, 1.807) is 0 Å². The van der Waals surface area contributed by atoms with Crippen molar-refractivity contribution >= 4 is 0 Å². The third-order valence-electron chi connectivity index (χ3n) is 1.22. The highest BCUT2D eigenvalue weighted by molar-refractivity contribution is 5.06. The van der Waals surface area contributed by atoms with Crippen LogP contribution in [-0.2, 0) is 5.41 Å². The minimum absolute atomic E-state index is 0.155. The molecule has 0 aromatic carbocycles. The predicted octanol–water partition coefficient (Wildman–Crippen LogP) is 2.11. The van der Waals surface area contributed by atoms with Gasteiger partial charge in [-0.15, -0.1) is 0 Å². The van der Waals surface area contributed by atoms with Crippen LogP contribution in [0.15, 0.2) is 10.6 Å². The second kappa shape index (κ2) is 2.08. The molecule has 0 radical (unpaired) electrons. The minimum atomic E-state index is -0.551. The molecule has 0 spiro atoms. The van der Waals surface area contributed by atoms with Gasteiger partial charge in [0.15, 0.2) is 0 Å². The molecule has 0 aliphatic rings. The fourth-order valence-electron chi connectivity index (χ4n) is 0.607. The zero-order valence-electron chi connectivity index (χ0n) is 6.31. The van der Waals surface area contributed by atoms with Crippen LogP contribution in [-0.4, -0.2) is 5.16 Å². The van der Waals surface area contributed by atoms with Crippen LogP contribution in [0.2, 0.25) is 0 Å². The van der Waals surface area contributed by atoms with Gasteiger partial charge in [-0.05, 0) is 5.16 Å². The molecule has 1 aromatic heterocycles. The fraction of sp³-hybridized carbons (Fsp3) is 0.571. The lowest BCUT2D eigenvalue weighted by atomic mass is 9.94. The number of halogens is 1. The van der Waals surface area contributed by atoms with Crippen molar-refractivity contribution in [3.63, 3.8) is 0 Å². The Balaban J connectivity index is 2.96. The largest absolute Gasteiger partial charge is 0.358 e. The standard InChI is InChI=1S/C7H10FNO/c1-7(2,3)5-4-6(8)9-10-5/h4H,1-3H3. The smallest absolute Gasteiger partial charge is 0.253 e. The number of rotatable bonds is 0. The van der Waals surface area contributed by atoms with E-state index in [0.717, 1.165) is 0 Å². The average Bonchev–Trinajstić information content (AvgIpc) is 2.11. The molecule has 2 nitrogen and oxygen atoms in total. The van der Waals surface area contributed by atoms with Crippen LogP contribution in [0.3, 0.4) is 0 Å². The van der Waals surface area contributed by atoms with Gasteiger partial charge < -0.3 is 4.52 Å². The number of aromatic nitrogens is 1. The normalized spacial score (nSPS) is 12.0. The van der Waals surface area contributed by atoms with Gasteiger partial charge in [-0.2, -0.15) is 4.39 Å². The van der Waals surface area contributed by atoms with E-state index in [1.807, 2.05) is 20.8 Å². The molecule has 0 saturated heterocycles. The maximum atomic E-state index is 12.3. The Bertz CT molecular complexity index is 224. The lowest BCUT2D eigenvalue weighted by molar-refractivity contribution is 0.311. The van der Waals surface area contributed by atoms with Crippen LogP contribution in [0.5, 0.6) is 0 Å². The van der Waals surface area contributed by atoms with Gasteiger partial charge in [0, 0.05) is 11.5 Å². The Morgan fingerprint density at radius 3 is 2.30 bits per heavy atom. The monoisotopic (exact) mass is 143 g/mol. The first-order chi connectivity index (χ1) is 4.50. The summed E-state index contributed by atoms with van der Waals surface area (Å²) < 4.78 is 17.0. The highest BCUT2D eigenvalue weighted by atomic mass is 19.1. The van der Waals surface area contributed by atoms with Crippen molar-refractivity contribution in [2.24, 2.45) is 0 Å². The third-order valence-corrected chi connectivity index (χ3v) is 1.22. The summed E-state index contributed by atoms with van der Waals surface area (Å²) in [6, 6.07) is 1.31. The first-order valence-electron chi connectivity index (χ1n) is 3.13. The summed E-state index contributed by atoms with van der Waals surface area (Å²) in [6.07, 6.45) is 0. The van der Waals surface area contributed by atoms with Gasteiger partial charge in [-0.1, -0.05) is 20.8 Å². The van der Waals surface area contributed by atoms with Crippen molar-refractivity contribution in [1.82, 2.24) is 5.16 Å². The summed E-state index contributed by atoms with van der Waals surface area (Å²) in [6.45, 7) is 5.81. The lowest BCUT2D eigenvalue weighted by Crippen LogP contribution is -2.09. The van der Waals surface area contributed by atoms with Gasteiger partial charge in [-0.25, -0.2) is 0 Å². The van der Waals surface area contributed by atoms with E-state index < -0.39 is 5.95 Å². The van der Waals surface area contributed by atoms with Gasteiger partial charge in [0.1, 0.15) is 5.76 Å². The van der Waals surface area contributed by atoms with Crippen molar-refractivity contribution in [3.8, 4) is 0 Å². The molecule has 10 heavy (non-hydrogen) atoms. The molecule has 0 aliphatic heterocycles. The van der Waals surface area contributed by atoms with Crippen molar-refractivity contribution in [3.05, 3.63) is 17.8 Å². The summed E-state index contributed by atoms with van der Waals surface area (Å²) in [5, 5.41) is 3.14. The first kappa shape index (κ1) is 7.25. The van der Waals surface area contributed by atoms with Crippen molar-refractivity contribution in [1.29, 1.82) is 0 Å². The highest BCUT2D eigenvalue weighted by Crippen LogP contribution is 2.21. The Labute approximate surface area is 59.0 Å². The summed E-state index contributed by atoms with van der Waals surface area (Å²) >= 11 is 0. The van der Waals surface area contributed by atoms with Crippen LogP contribution in [0.25, 0.3) is 0 Å². The van der Waals surface area contributed by atoms with Gasteiger partial charge in [0.2, 0.25) is 0 Å². The van der Waals surface area contributed by atoms with Gasteiger partial charge >= 0.3 is 0 Å².